The maximum absolute atomic E-state index is 12.2. The molecule has 5 nitrogen and oxygen atoms in total. The fraction of sp³-hybridized carbons (Fsp3) is 0.118. The average Bonchev–Trinajstić information content (AvgIpc) is 2.54. The first-order valence-electron chi connectivity index (χ1n) is 6.92. The zero-order valence-corrected chi connectivity index (χ0v) is 12.2. The van der Waals surface area contributed by atoms with E-state index in [2.05, 4.69) is 17.2 Å². The van der Waals surface area contributed by atoms with Gasteiger partial charge < -0.3 is 10.6 Å². The summed E-state index contributed by atoms with van der Waals surface area (Å²) in [7, 11) is 0. The summed E-state index contributed by atoms with van der Waals surface area (Å²) in [6, 6.07) is 12.7. The van der Waals surface area contributed by atoms with E-state index in [1.807, 2.05) is 30.3 Å². The van der Waals surface area contributed by atoms with Crippen LogP contribution < -0.4 is 15.2 Å². The van der Waals surface area contributed by atoms with Gasteiger partial charge in [-0.2, -0.15) is 4.57 Å². The minimum atomic E-state index is -0.216. The van der Waals surface area contributed by atoms with Crippen LogP contribution in [-0.4, -0.2) is 18.4 Å². The molecule has 0 saturated carbocycles. The molecule has 1 aromatic heterocycles. The minimum absolute atomic E-state index is 0.134. The Kier molecular flexibility index (Phi) is 5.43. The van der Waals surface area contributed by atoms with Crippen LogP contribution in [0.5, 0.6) is 0 Å². The molecule has 2 rings (SSSR count). The largest absolute Gasteiger partial charge is 0.347 e. The molecule has 112 valence electrons. The first kappa shape index (κ1) is 15.4. The first-order valence-corrected chi connectivity index (χ1v) is 6.92. The normalized spacial score (nSPS) is 9.82. The number of pyridine rings is 1. The quantitative estimate of drug-likeness (QED) is 0.627. The Labute approximate surface area is 129 Å². The van der Waals surface area contributed by atoms with Crippen LogP contribution in [0.2, 0.25) is 0 Å². The molecular formula is C17H18N3O2+. The maximum Gasteiger partial charge on any atom is 0.286 e. The summed E-state index contributed by atoms with van der Waals surface area (Å²) < 4.78 is 1.67. The Morgan fingerprint density at radius 2 is 1.91 bits per heavy atom. The molecule has 22 heavy (non-hydrogen) atoms. The average molecular weight is 296 g/mol. The molecule has 1 aromatic carbocycles. The third-order valence-corrected chi connectivity index (χ3v) is 2.92. The van der Waals surface area contributed by atoms with Crippen LogP contribution in [0.4, 0.5) is 5.69 Å². The summed E-state index contributed by atoms with van der Waals surface area (Å²) in [5.74, 6) is -0.349. The van der Waals surface area contributed by atoms with Gasteiger partial charge in [-0.05, 0) is 18.2 Å². The number of rotatable bonds is 6. The Morgan fingerprint density at radius 3 is 2.64 bits per heavy atom. The van der Waals surface area contributed by atoms with Gasteiger partial charge in [-0.3, -0.25) is 9.59 Å². The van der Waals surface area contributed by atoms with Gasteiger partial charge in [0.05, 0.1) is 0 Å². The molecule has 0 aliphatic carbocycles. The van der Waals surface area contributed by atoms with Crippen molar-refractivity contribution in [2.45, 2.75) is 6.54 Å². The van der Waals surface area contributed by atoms with Crippen LogP contribution in [0.1, 0.15) is 10.4 Å². The lowest BCUT2D eigenvalue weighted by atomic mass is 10.2. The van der Waals surface area contributed by atoms with Gasteiger partial charge in [0.2, 0.25) is 6.54 Å². The van der Waals surface area contributed by atoms with Gasteiger partial charge in [-0.15, -0.1) is 6.58 Å². The SMILES string of the molecule is C=CCNC(=O)C[n+]1cccc(C(=O)Nc2ccccc2)c1. The molecule has 2 N–H and O–H groups in total. The zero-order valence-electron chi connectivity index (χ0n) is 12.2. The number of carbonyl (C=O) groups is 2. The van der Waals surface area contributed by atoms with E-state index in [0.29, 0.717) is 12.1 Å². The second-order valence-corrected chi connectivity index (χ2v) is 4.68. The van der Waals surface area contributed by atoms with Gasteiger partial charge in [-0.25, -0.2) is 0 Å². The highest BCUT2D eigenvalue weighted by Crippen LogP contribution is 2.07. The number of nitrogens with one attached hydrogen (secondary N) is 2. The van der Waals surface area contributed by atoms with E-state index in [4.69, 9.17) is 0 Å². The molecule has 1 heterocycles. The van der Waals surface area contributed by atoms with E-state index in [0.717, 1.165) is 5.69 Å². The van der Waals surface area contributed by atoms with Crippen LogP contribution in [0.3, 0.4) is 0 Å². The van der Waals surface area contributed by atoms with Crippen molar-refractivity contribution < 1.29 is 14.2 Å². The Morgan fingerprint density at radius 1 is 1.14 bits per heavy atom. The lowest BCUT2D eigenvalue weighted by Crippen LogP contribution is -2.43. The topological polar surface area (TPSA) is 62.1 Å². The summed E-state index contributed by atoms with van der Waals surface area (Å²) >= 11 is 0. The lowest BCUT2D eigenvalue weighted by Gasteiger charge is -2.04. The number of hydrogen-bond donors (Lipinski definition) is 2. The molecular weight excluding hydrogens is 278 g/mol. The third kappa shape index (κ3) is 4.56. The molecule has 0 bridgehead atoms. The van der Waals surface area contributed by atoms with Crippen molar-refractivity contribution in [3.63, 3.8) is 0 Å². The van der Waals surface area contributed by atoms with Gasteiger partial charge in [0.15, 0.2) is 12.4 Å². The Hall–Kier alpha value is -2.95. The number of hydrogen-bond acceptors (Lipinski definition) is 2. The van der Waals surface area contributed by atoms with Crippen LogP contribution in [0.25, 0.3) is 0 Å². The lowest BCUT2D eigenvalue weighted by molar-refractivity contribution is -0.684. The predicted molar refractivity (Wildman–Crippen MR) is 84.2 cm³/mol. The van der Waals surface area contributed by atoms with Gasteiger partial charge in [0.25, 0.3) is 11.8 Å². The van der Waals surface area contributed by atoms with E-state index in [1.54, 1.807) is 35.2 Å². The molecule has 0 fully saturated rings. The monoisotopic (exact) mass is 296 g/mol. The summed E-state index contributed by atoms with van der Waals surface area (Å²) in [6.45, 7) is 4.12. The standard InChI is InChI=1S/C17H17N3O2/c1-2-10-18-16(21)13-20-11-6-7-14(12-20)17(22)19-15-8-4-3-5-9-15/h2-9,11-12H,1,10,13H2,(H-,18,19,21,22)/p+1. The fourth-order valence-electron chi connectivity index (χ4n) is 1.89. The molecule has 2 aromatic rings. The van der Waals surface area contributed by atoms with Crippen LogP contribution >= 0.6 is 0 Å². The van der Waals surface area contributed by atoms with Crippen molar-refractivity contribution >= 4 is 17.5 Å². The highest BCUT2D eigenvalue weighted by molar-refractivity contribution is 6.03. The smallest absolute Gasteiger partial charge is 0.286 e. The second kappa shape index (κ2) is 7.73. The molecule has 0 aliphatic rings. The van der Waals surface area contributed by atoms with Gasteiger partial charge in [0.1, 0.15) is 5.56 Å². The molecule has 0 radical (unpaired) electrons. The van der Waals surface area contributed by atoms with Gasteiger partial charge in [-0.1, -0.05) is 24.3 Å². The molecule has 0 atom stereocenters. The number of amides is 2. The van der Waals surface area contributed by atoms with Gasteiger partial charge in [0, 0.05) is 18.3 Å². The van der Waals surface area contributed by atoms with Crippen molar-refractivity contribution in [3.05, 3.63) is 73.1 Å². The number of aromatic nitrogens is 1. The fourth-order valence-corrected chi connectivity index (χ4v) is 1.89. The van der Waals surface area contributed by atoms with Gasteiger partial charge >= 0.3 is 0 Å². The number of benzene rings is 1. The number of carbonyl (C=O) groups excluding carboxylic acids is 2. The van der Waals surface area contributed by atoms with Crippen LogP contribution in [-0.2, 0) is 11.3 Å². The number of para-hydroxylation sites is 1. The number of nitrogens with zero attached hydrogens (tertiary/aromatic N) is 1. The van der Waals surface area contributed by atoms with Crippen molar-refractivity contribution in [1.29, 1.82) is 0 Å². The molecule has 0 saturated heterocycles. The highest BCUT2D eigenvalue weighted by Gasteiger charge is 2.13. The van der Waals surface area contributed by atoms with E-state index < -0.39 is 0 Å². The van der Waals surface area contributed by atoms with Crippen LogP contribution in [0.15, 0.2) is 67.5 Å². The number of anilines is 1. The molecule has 2 amide bonds. The predicted octanol–water partition coefficient (Wildman–Crippen LogP) is 1.53. The maximum atomic E-state index is 12.2. The van der Waals surface area contributed by atoms with Crippen molar-refractivity contribution in [2.24, 2.45) is 0 Å². The summed E-state index contributed by atoms with van der Waals surface area (Å²) in [5, 5.41) is 5.50. The Balaban J connectivity index is 2.03. The Bertz CT molecular complexity index is 669. The summed E-state index contributed by atoms with van der Waals surface area (Å²) in [5.41, 5.74) is 1.22. The molecule has 5 heteroatoms. The third-order valence-electron chi connectivity index (χ3n) is 2.92. The summed E-state index contributed by atoms with van der Waals surface area (Å²) in [4.78, 5) is 23.8. The molecule has 0 aliphatic heterocycles. The zero-order chi connectivity index (χ0) is 15.8. The second-order valence-electron chi connectivity index (χ2n) is 4.68. The van der Waals surface area contributed by atoms with Crippen LogP contribution in [0, 0.1) is 0 Å². The highest BCUT2D eigenvalue weighted by atomic mass is 16.2. The van der Waals surface area contributed by atoms with E-state index in [1.165, 1.54) is 0 Å². The molecule has 0 unspecified atom stereocenters. The molecule has 0 spiro atoms. The van der Waals surface area contributed by atoms with E-state index >= 15 is 0 Å². The summed E-state index contributed by atoms with van der Waals surface area (Å²) in [6.07, 6.45) is 5.00. The van der Waals surface area contributed by atoms with Crippen molar-refractivity contribution in [3.8, 4) is 0 Å². The van der Waals surface area contributed by atoms with Crippen molar-refractivity contribution in [2.75, 3.05) is 11.9 Å². The van der Waals surface area contributed by atoms with E-state index in [9.17, 15) is 9.59 Å². The van der Waals surface area contributed by atoms with E-state index in [-0.39, 0.29) is 18.4 Å². The first-order chi connectivity index (χ1) is 10.7. The minimum Gasteiger partial charge on any atom is -0.347 e. The van der Waals surface area contributed by atoms with Crippen molar-refractivity contribution in [1.82, 2.24) is 5.32 Å².